The van der Waals surface area contributed by atoms with Crippen LogP contribution in [0.25, 0.3) is 0 Å². The Hall–Kier alpha value is -1.76. The van der Waals surface area contributed by atoms with Crippen LogP contribution in [0, 0.1) is 0 Å². The van der Waals surface area contributed by atoms with E-state index in [2.05, 4.69) is 16.0 Å². The summed E-state index contributed by atoms with van der Waals surface area (Å²) in [7, 11) is 1.55. The van der Waals surface area contributed by atoms with Gasteiger partial charge >= 0.3 is 0 Å². The van der Waals surface area contributed by atoms with Gasteiger partial charge in [0.2, 0.25) is 0 Å². The number of rotatable bonds is 6. The lowest BCUT2D eigenvalue weighted by Crippen LogP contribution is -2.25. The second-order valence-electron chi connectivity index (χ2n) is 4.80. The lowest BCUT2D eigenvalue weighted by Gasteiger charge is -2.05. The molecule has 20 heavy (non-hydrogen) atoms. The number of amides is 2. The normalized spacial score (nSPS) is 13.9. The molecule has 7 heteroatoms. The highest BCUT2D eigenvalue weighted by Gasteiger charge is 2.29. The van der Waals surface area contributed by atoms with Crippen molar-refractivity contribution in [2.75, 3.05) is 24.6 Å². The van der Waals surface area contributed by atoms with Crippen LogP contribution in [0.4, 0.5) is 10.7 Å². The Balaban J connectivity index is 2.29. The molecule has 0 aliphatic heterocycles. The van der Waals surface area contributed by atoms with Crippen molar-refractivity contribution >= 4 is 33.8 Å². The van der Waals surface area contributed by atoms with Gasteiger partial charge in [0.15, 0.2) is 0 Å². The average Bonchev–Trinajstić information content (AvgIpc) is 3.18. The average molecular weight is 296 g/mol. The Kier molecular flexibility index (Phi) is 4.49. The largest absolute Gasteiger partial charge is 0.397 e. The second-order valence-corrected chi connectivity index (χ2v) is 5.82. The van der Waals surface area contributed by atoms with Crippen LogP contribution in [0.5, 0.6) is 0 Å². The van der Waals surface area contributed by atoms with Crippen LogP contribution in [0.3, 0.4) is 0 Å². The molecule has 1 heterocycles. The van der Waals surface area contributed by atoms with Gasteiger partial charge in [-0.3, -0.25) is 9.59 Å². The molecule has 0 bridgehead atoms. The van der Waals surface area contributed by atoms with Gasteiger partial charge in [0.1, 0.15) is 9.88 Å². The van der Waals surface area contributed by atoms with Gasteiger partial charge in [-0.05, 0) is 19.3 Å². The number of nitrogens with one attached hydrogen (secondary N) is 3. The monoisotopic (exact) mass is 296 g/mol. The zero-order chi connectivity index (χ0) is 14.7. The zero-order valence-electron chi connectivity index (χ0n) is 11.7. The topological polar surface area (TPSA) is 96.2 Å². The van der Waals surface area contributed by atoms with Crippen molar-refractivity contribution in [1.29, 1.82) is 0 Å². The maximum atomic E-state index is 12.1. The van der Waals surface area contributed by atoms with Crippen LogP contribution in [-0.2, 0) is 0 Å². The van der Waals surface area contributed by atoms with Crippen molar-refractivity contribution in [3.05, 3.63) is 10.4 Å². The number of anilines is 2. The summed E-state index contributed by atoms with van der Waals surface area (Å²) in [6, 6.07) is 0.263. The van der Waals surface area contributed by atoms with Gasteiger partial charge in [-0.15, -0.1) is 11.3 Å². The number of hydrogen-bond acceptors (Lipinski definition) is 5. The summed E-state index contributed by atoms with van der Waals surface area (Å²) in [5.41, 5.74) is 6.62. The molecule has 2 amide bonds. The molecule has 1 aliphatic rings. The van der Waals surface area contributed by atoms with Crippen LogP contribution in [0.2, 0.25) is 0 Å². The quantitative estimate of drug-likeness (QED) is 0.638. The van der Waals surface area contributed by atoms with Crippen molar-refractivity contribution in [2.45, 2.75) is 32.2 Å². The number of hydrogen-bond donors (Lipinski definition) is 4. The molecule has 0 radical (unpaired) electrons. The molecule has 0 spiro atoms. The van der Waals surface area contributed by atoms with E-state index in [0.29, 0.717) is 15.4 Å². The molecule has 1 aliphatic carbocycles. The van der Waals surface area contributed by atoms with Crippen molar-refractivity contribution in [3.8, 4) is 0 Å². The van der Waals surface area contributed by atoms with Crippen molar-refractivity contribution < 1.29 is 9.59 Å². The van der Waals surface area contributed by atoms with Crippen molar-refractivity contribution in [1.82, 2.24) is 10.6 Å². The predicted molar refractivity (Wildman–Crippen MR) is 81.4 cm³/mol. The standard InChI is InChI=1S/C13H20N4O2S/c1-3-6-16-13-8(11(18)15-2)9(14)10(20-13)12(19)17-7-4-5-7/h7,16H,3-6,14H2,1-2H3,(H,15,18)(H,17,19). The van der Waals surface area contributed by atoms with Gasteiger partial charge in [-0.1, -0.05) is 6.92 Å². The van der Waals surface area contributed by atoms with E-state index in [0.717, 1.165) is 25.8 Å². The molecule has 1 aromatic rings. The number of nitrogens with two attached hydrogens (primary N) is 1. The third-order valence-corrected chi connectivity index (χ3v) is 4.22. The maximum absolute atomic E-state index is 12.1. The summed E-state index contributed by atoms with van der Waals surface area (Å²) >= 11 is 1.24. The first-order valence-corrected chi connectivity index (χ1v) is 7.59. The molecule has 6 nitrogen and oxygen atoms in total. The molecule has 0 saturated heterocycles. The van der Waals surface area contributed by atoms with Gasteiger partial charge in [0.05, 0.1) is 11.3 Å². The van der Waals surface area contributed by atoms with E-state index in [1.165, 1.54) is 11.3 Å². The Morgan fingerprint density at radius 1 is 1.35 bits per heavy atom. The van der Waals surface area contributed by atoms with Crippen LogP contribution in [-0.4, -0.2) is 31.4 Å². The first-order valence-electron chi connectivity index (χ1n) is 6.77. The van der Waals surface area contributed by atoms with E-state index < -0.39 is 0 Å². The molecule has 1 saturated carbocycles. The SMILES string of the molecule is CCCNc1sc(C(=O)NC2CC2)c(N)c1C(=O)NC. The summed E-state index contributed by atoms with van der Waals surface area (Å²) < 4.78 is 0. The summed E-state index contributed by atoms with van der Waals surface area (Å²) in [5.74, 6) is -0.465. The van der Waals surface area contributed by atoms with Gasteiger partial charge in [-0.25, -0.2) is 0 Å². The van der Waals surface area contributed by atoms with E-state index >= 15 is 0 Å². The second kappa shape index (κ2) is 6.13. The Bertz CT molecular complexity index is 523. The number of thiophene rings is 1. The molecule has 2 rings (SSSR count). The molecule has 1 fully saturated rings. The summed E-state index contributed by atoms with van der Waals surface area (Å²) in [5, 5.41) is 9.27. The molecular weight excluding hydrogens is 276 g/mol. The van der Waals surface area contributed by atoms with Crippen LogP contribution < -0.4 is 21.7 Å². The van der Waals surface area contributed by atoms with Crippen molar-refractivity contribution in [3.63, 3.8) is 0 Å². The van der Waals surface area contributed by atoms with Gasteiger partial charge in [0.25, 0.3) is 11.8 Å². The molecular formula is C13H20N4O2S. The van der Waals surface area contributed by atoms with Crippen LogP contribution in [0.15, 0.2) is 0 Å². The van der Waals surface area contributed by atoms with Gasteiger partial charge in [0, 0.05) is 19.6 Å². The lowest BCUT2D eigenvalue weighted by atomic mass is 10.2. The minimum Gasteiger partial charge on any atom is -0.397 e. The molecule has 0 atom stereocenters. The van der Waals surface area contributed by atoms with Gasteiger partial charge < -0.3 is 21.7 Å². The van der Waals surface area contributed by atoms with E-state index in [4.69, 9.17) is 5.73 Å². The number of nitrogen functional groups attached to an aromatic ring is 1. The highest BCUT2D eigenvalue weighted by Crippen LogP contribution is 2.36. The zero-order valence-corrected chi connectivity index (χ0v) is 12.5. The molecule has 110 valence electrons. The Labute approximate surface area is 122 Å². The number of carbonyl (C=O) groups is 2. The molecule has 0 unspecified atom stereocenters. The third-order valence-electron chi connectivity index (χ3n) is 3.05. The number of carbonyl (C=O) groups excluding carboxylic acids is 2. The summed E-state index contributed by atoms with van der Waals surface area (Å²) in [4.78, 5) is 24.5. The van der Waals surface area contributed by atoms with E-state index in [-0.39, 0.29) is 23.5 Å². The highest BCUT2D eigenvalue weighted by atomic mass is 32.1. The first-order chi connectivity index (χ1) is 9.58. The molecule has 0 aromatic carbocycles. The first kappa shape index (κ1) is 14.6. The van der Waals surface area contributed by atoms with Crippen molar-refractivity contribution in [2.24, 2.45) is 0 Å². The Morgan fingerprint density at radius 2 is 2.05 bits per heavy atom. The molecule has 1 aromatic heterocycles. The van der Waals surface area contributed by atoms with Gasteiger partial charge in [-0.2, -0.15) is 0 Å². The maximum Gasteiger partial charge on any atom is 0.263 e. The smallest absolute Gasteiger partial charge is 0.263 e. The lowest BCUT2D eigenvalue weighted by molar-refractivity contribution is 0.0955. The fourth-order valence-corrected chi connectivity index (χ4v) is 2.85. The van der Waals surface area contributed by atoms with E-state index in [9.17, 15) is 9.59 Å². The third kappa shape index (κ3) is 3.04. The predicted octanol–water partition coefficient (Wildman–Crippen LogP) is 1.40. The summed E-state index contributed by atoms with van der Waals surface area (Å²) in [6.45, 7) is 2.76. The van der Waals surface area contributed by atoms with Crippen LogP contribution in [0.1, 0.15) is 46.2 Å². The Morgan fingerprint density at radius 3 is 2.60 bits per heavy atom. The van der Waals surface area contributed by atoms with E-state index in [1.807, 2.05) is 6.92 Å². The minimum atomic E-state index is -0.275. The molecule has 5 N–H and O–H groups in total. The fourth-order valence-electron chi connectivity index (χ4n) is 1.80. The summed E-state index contributed by atoms with van der Waals surface area (Å²) in [6.07, 6.45) is 2.95. The van der Waals surface area contributed by atoms with Crippen LogP contribution >= 0.6 is 11.3 Å². The minimum absolute atomic E-state index is 0.190. The fraction of sp³-hybridized carbons (Fsp3) is 0.538. The van der Waals surface area contributed by atoms with E-state index in [1.54, 1.807) is 7.05 Å². The highest BCUT2D eigenvalue weighted by molar-refractivity contribution is 7.19.